The van der Waals surface area contributed by atoms with Crippen molar-refractivity contribution in [3.05, 3.63) is 41.6 Å². The minimum absolute atomic E-state index is 0.00624. The lowest BCUT2D eigenvalue weighted by Crippen LogP contribution is -2.24. The lowest BCUT2D eigenvalue weighted by molar-refractivity contribution is 0.340. The molecule has 0 spiro atoms. The van der Waals surface area contributed by atoms with E-state index in [0.29, 0.717) is 0 Å². The Labute approximate surface area is 160 Å². The monoisotopic (exact) mass is 370 g/mol. The number of hydrogen-bond acceptors (Lipinski definition) is 5. The van der Waals surface area contributed by atoms with E-state index in [1.165, 1.54) is 0 Å². The van der Waals surface area contributed by atoms with Gasteiger partial charge >= 0.3 is 0 Å². The van der Waals surface area contributed by atoms with Gasteiger partial charge in [0.05, 0.1) is 5.69 Å². The molecule has 0 bridgehead atoms. The van der Waals surface area contributed by atoms with E-state index in [0.717, 1.165) is 41.2 Å². The Morgan fingerprint density at radius 1 is 0.926 bits per heavy atom. The van der Waals surface area contributed by atoms with Crippen LogP contribution in [0.4, 0.5) is 0 Å². The highest BCUT2D eigenvalue weighted by Gasteiger charge is 2.32. The molecule has 0 aliphatic rings. The van der Waals surface area contributed by atoms with Crippen molar-refractivity contribution in [2.75, 3.05) is 0 Å². The fourth-order valence-electron chi connectivity index (χ4n) is 3.18. The van der Waals surface area contributed by atoms with Crippen LogP contribution in [0.25, 0.3) is 11.4 Å². The Balaban J connectivity index is 1.82. The quantitative estimate of drug-likeness (QED) is 0.629. The van der Waals surface area contributed by atoms with Gasteiger partial charge in [-0.2, -0.15) is 5.10 Å². The van der Waals surface area contributed by atoms with E-state index in [1.807, 2.05) is 6.07 Å². The predicted octanol–water partition coefficient (Wildman–Crippen LogP) is 5.39. The molecular formula is C21H30N4O2. The number of aromatic nitrogens is 4. The van der Waals surface area contributed by atoms with Gasteiger partial charge in [0.15, 0.2) is 0 Å². The summed E-state index contributed by atoms with van der Waals surface area (Å²) in [6.07, 6.45) is 5.30. The van der Waals surface area contributed by atoms with Crippen molar-refractivity contribution >= 4 is 0 Å². The van der Waals surface area contributed by atoms with Crippen molar-refractivity contribution in [2.24, 2.45) is 0 Å². The third kappa shape index (κ3) is 3.99. The van der Waals surface area contributed by atoms with E-state index in [4.69, 9.17) is 9.05 Å². The molecule has 1 N–H and O–H groups in total. The fraction of sp³-hybridized carbons (Fsp3) is 0.571. The molecule has 0 atom stereocenters. The van der Waals surface area contributed by atoms with E-state index < -0.39 is 0 Å². The van der Waals surface area contributed by atoms with Gasteiger partial charge in [-0.1, -0.05) is 58.8 Å². The zero-order valence-corrected chi connectivity index (χ0v) is 17.4. The van der Waals surface area contributed by atoms with Crippen LogP contribution in [0.3, 0.4) is 0 Å². The molecule has 3 aromatic heterocycles. The van der Waals surface area contributed by atoms with Crippen molar-refractivity contribution in [1.82, 2.24) is 20.5 Å². The number of H-pyrrole nitrogens is 1. The highest BCUT2D eigenvalue weighted by Crippen LogP contribution is 2.39. The molecule has 6 nitrogen and oxygen atoms in total. The molecular weight excluding hydrogens is 340 g/mol. The highest BCUT2D eigenvalue weighted by atomic mass is 16.5. The SMILES string of the molecule is CC(C)(C)c1cc(-c2nocc2C(C)(C)CCC(C)(C)c2ccon2)n[nH]1. The molecule has 146 valence electrons. The Hall–Kier alpha value is -2.37. The first kappa shape index (κ1) is 19.4. The largest absolute Gasteiger partial charge is 0.364 e. The molecule has 3 heterocycles. The summed E-state index contributed by atoms with van der Waals surface area (Å²) in [6, 6.07) is 4.01. The number of nitrogens with zero attached hydrogens (tertiary/aromatic N) is 3. The summed E-state index contributed by atoms with van der Waals surface area (Å²) >= 11 is 0. The Bertz CT molecular complexity index is 880. The van der Waals surface area contributed by atoms with Crippen molar-refractivity contribution in [3.63, 3.8) is 0 Å². The molecule has 0 radical (unpaired) electrons. The minimum atomic E-state index is -0.114. The summed E-state index contributed by atoms with van der Waals surface area (Å²) < 4.78 is 10.4. The third-order valence-electron chi connectivity index (χ3n) is 5.43. The van der Waals surface area contributed by atoms with Gasteiger partial charge < -0.3 is 9.05 Å². The highest BCUT2D eigenvalue weighted by molar-refractivity contribution is 5.60. The fourth-order valence-corrected chi connectivity index (χ4v) is 3.18. The number of hydrogen-bond donors (Lipinski definition) is 1. The molecule has 6 heteroatoms. The van der Waals surface area contributed by atoms with Gasteiger partial charge in [0.25, 0.3) is 0 Å². The topological polar surface area (TPSA) is 80.7 Å². The smallest absolute Gasteiger partial charge is 0.137 e. The van der Waals surface area contributed by atoms with Crippen LogP contribution in [0, 0.1) is 0 Å². The summed E-state index contributed by atoms with van der Waals surface area (Å²) in [5, 5.41) is 16.0. The zero-order chi connectivity index (χ0) is 19.9. The molecule has 0 aliphatic heterocycles. The van der Waals surface area contributed by atoms with E-state index in [9.17, 15) is 0 Å². The first-order valence-corrected chi connectivity index (χ1v) is 9.43. The second-order valence-corrected chi connectivity index (χ2v) is 9.65. The van der Waals surface area contributed by atoms with Crippen LogP contribution in [0.15, 0.2) is 33.7 Å². The molecule has 3 aromatic rings. The maximum absolute atomic E-state index is 5.35. The molecule has 0 unspecified atom stereocenters. The van der Waals surface area contributed by atoms with Crippen LogP contribution in [0.1, 0.15) is 78.3 Å². The van der Waals surface area contributed by atoms with Crippen LogP contribution >= 0.6 is 0 Å². The second kappa shape index (κ2) is 6.66. The summed E-state index contributed by atoms with van der Waals surface area (Å²) in [4.78, 5) is 0. The molecule has 0 aromatic carbocycles. The Kier molecular flexibility index (Phi) is 4.78. The van der Waals surface area contributed by atoms with Crippen LogP contribution < -0.4 is 0 Å². The molecule has 27 heavy (non-hydrogen) atoms. The van der Waals surface area contributed by atoms with E-state index in [-0.39, 0.29) is 16.2 Å². The summed E-state index contributed by atoms with van der Waals surface area (Å²) in [6.45, 7) is 15.3. The summed E-state index contributed by atoms with van der Waals surface area (Å²) in [5.74, 6) is 0. The molecule has 0 fully saturated rings. The van der Waals surface area contributed by atoms with Crippen molar-refractivity contribution in [3.8, 4) is 11.4 Å². The van der Waals surface area contributed by atoms with Gasteiger partial charge in [0, 0.05) is 28.2 Å². The lowest BCUT2D eigenvalue weighted by Gasteiger charge is -2.29. The van der Waals surface area contributed by atoms with Crippen LogP contribution in [0.5, 0.6) is 0 Å². The van der Waals surface area contributed by atoms with Crippen LogP contribution in [0.2, 0.25) is 0 Å². The first-order valence-electron chi connectivity index (χ1n) is 9.43. The normalized spacial score (nSPS) is 13.3. The summed E-state index contributed by atoms with van der Waals surface area (Å²) in [5.41, 5.74) is 4.60. The Morgan fingerprint density at radius 2 is 1.63 bits per heavy atom. The number of rotatable bonds is 6. The van der Waals surface area contributed by atoms with Crippen molar-refractivity contribution < 1.29 is 9.05 Å². The van der Waals surface area contributed by atoms with Gasteiger partial charge in [-0.25, -0.2) is 0 Å². The van der Waals surface area contributed by atoms with E-state index in [1.54, 1.807) is 12.5 Å². The van der Waals surface area contributed by atoms with Crippen molar-refractivity contribution in [1.29, 1.82) is 0 Å². The second-order valence-electron chi connectivity index (χ2n) is 9.65. The van der Waals surface area contributed by atoms with Crippen LogP contribution in [-0.2, 0) is 16.2 Å². The number of aromatic amines is 1. The minimum Gasteiger partial charge on any atom is -0.364 e. The van der Waals surface area contributed by atoms with Gasteiger partial charge in [-0.05, 0) is 24.3 Å². The third-order valence-corrected chi connectivity index (χ3v) is 5.43. The molecule has 0 amide bonds. The van der Waals surface area contributed by atoms with E-state index in [2.05, 4.69) is 75.0 Å². The Morgan fingerprint density at radius 3 is 2.22 bits per heavy atom. The molecule has 0 saturated heterocycles. The van der Waals surface area contributed by atoms with Gasteiger partial charge in [-0.3, -0.25) is 5.10 Å². The van der Waals surface area contributed by atoms with Crippen LogP contribution in [-0.4, -0.2) is 20.5 Å². The molecule has 0 aliphatic carbocycles. The lowest BCUT2D eigenvalue weighted by atomic mass is 9.74. The zero-order valence-electron chi connectivity index (χ0n) is 17.4. The average Bonchev–Trinajstić information content (AvgIpc) is 3.32. The predicted molar refractivity (Wildman–Crippen MR) is 105 cm³/mol. The van der Waals surface area contributed by atoms with Gasteiger partial charge in [0.1, 0.15) is 23.9 Å². The maximum Gasteiger partial charge on any atom is 0.137 e. The average molecular weight is 370 g/mol. The molecule has 3 rings (SSSR count). The van der Waals surface area contributed by atoms with Gasteiger partial charge in [0.2, 0.25) is 0 Å². The van der Waals surface area contributed by atoms with E-state index >= 15 is 0 Å². The summed E-state index contributed by atoms with van der Waals surface area (Å²) in [7, 11) is 0. The number of nitrogens with one attached hydrogen (secondary N) is 1. The molecule has 0 saturated carbocycles. The maximum atomic E-state index is 5.35. The van der Waals surface area contributed by atoms with Crippen molar-refractivity contribution in [2.45, 2.75) is 77.6 Å². The van der Waals surface area contributed by atoms with Gasteiger partial charge in [-0.15, -0.1) is 0 Å². The first-order chi connectivity index (χ1) is 12.5. The standard InChI is InChI=1S/C21H30N4O2/c1-19(2,3)17-12-15(22-23-17)18-14(13-27-25-18)20(4,5)9-10-21(6,7)16-8-11-26-24-16/h8,11-13H,9-10H2,1-7H3,(H,22,23).